The van der Waals surface area contributed by atoms with Gasteiger partial charge >= 0.3 is 7.05 Å². The monoisotopic (exact) mass is 231 g/mol. The van der Waals surface area contributed by atoms with E-state index in [4.69, 9.17) is 4.65 Å². The van der Waals surface area contributed by atoms with Crippen LogP contribution < -0.4 is 0 Å². The summed E-state index contributed by atoms with van der Waals surface area (Å²) in [5.74, 6) is 0. The Labute approximate surface area is 105 Å². The fraction of sp³-hybridized carbons (Fsp3) is 0.571. The molecule has 1 aromatic rings. The Morgan fingerprint density at radius 3 is 2.65 bits per heavy atom. The van der Waals surface area contributed by atoms with Gasteiger partial charge in [-0.2, -0.15) is 0 Å². The first-order valence-corrected chi connectivity index (χ1v) is 6.66. The lowest BCUT2D eigenvalue weighted by Gasteiger charge is -2.20. The number of unbranched alkanes of at least 4 members (excludes halogenated alkanes) is 1. The highest BCUT2D eigenvalue weighted by Gasteiger charge is 2.40. The molecule has 0 aromatic heterocycles. The van der Waals surface area contributed by atoms with Crippen LogP contribution in [0.4, 0.5) is 0 Å². The highest BCUT2D eigenvalue weighted by Crippen LogP contribution is 2.33. The molecule has 92 valence electrons. The van der Waals surface area contributed by atoms with Crippen molar-refractivity contribution in [3.8, 4) is 0 Å². The molecule has 1 aliphatic rings. The third-order valence-corrected chi connectivity index (χ3v) is 3.77. The lowest BCUT2D eigenvalue weighted by atomic mass is 9.75. The third-order valence-electron chi connectivity index (χ3n) is 3.77. The molecule has 0 N–H and O–H groups in total. The fourth-order valence-electron chi connectivity index (χ4n) is 2.50. The van der Waals surface area contributed by atoms with Gasteiger partial charge in [0.1, 0.15) is 0 Å². The summed E-state index contributed by atoms with van der Waals surface area (Å²) in [7, 11) is 2.46. The Morgan fingerprint density at radius 2 is 2.00 bits per heavy atom. The summed E-state index contributed by atoms with van der Waals surface area (Å²) in [6.45, 7) is 4.48. The molecular weight excluding hydrogens is 209 g/mol. The van der Waals surface area contributed by atoms with Crippen LogP contribution in [0.3, 0.4) is 0 Å². The smallest absolute Gasteiger partial charge is 0.383 e. The quantitative estimate of drug-likeness (QED) is 0.736. The zero-order valence-corrected chi connectivity index (χ0v) is 11.1. The van der Waals surface area contributed by atoms with E-state index in [1.54, 1.807) is 0 Å². The van der Waals surface area contributed by atoms with Gasteiger partial charge in [-0.25, -0.2) is 0 Å². The zero-order chi connectivity index (χ0) is 12.3. The lowest BCUT2D eigenvalue weighted by molar-refractivity contribution is 0.209. The van der Waals surface area contributed by atoms with Crippen molar-refractivity contribution in [2.24, 2.45) is 0 Å². The number of benzene rings is 1. The van der Waals surface area contributed by atoms with Crippen molar-refractivity contribution in [1.29, 1.82) is 0 Å². The van der Waals surface area contributed by atoms with Gasteiger partial charge in [0.15, 0.2) is 0 Å². The van der Waals surface area contributed by atoms with Crippen LogP contribution in [0, 0.1) is 0 Å². The van der Waals surface area contributed by atoms with Gasteiger partial charge in [0, 0.05) is 6.04 Å². The highest BCUT2D eigenvalue weighted by molar-refractivity contribution is 6.49. The van der Waals surface area contributed by atoms with E-state index in [9.17, 15) is 0 Å². The molecule has 0 amide bonds. The normalized spacial score (nSPS) is 25.5. The van der Waals surface area contributed by atoms with E-state index >= 15 is 0 Å². The van der Waals surface area contributed by atoms with Crippen molar-refractivity contribution < 1.29 is 4.65 Å². The van der Waals surface area contributed by atoms with E-state index in [1.807, 2.05) is 0 Å². The maximum Gasteiger partial charge on any atom is 0.383 e. The van der Waals surface area contributed by atoms with E-state index in [1.165, 1.54) is 18.4 Å². The molecule has 1 aromatic carbocycles. The van der Waals surface area contributed by atoms with Crippen LogP contribution in [0.1, 0.15) is 38.4 Å². The van der Waals surface area contributed by atoms with E-state index in [0.717, 1.165) is 6.32 Å². The second-order valence-electron chi connectivity index (χ2n) is 4.97. The predicted molar refractivity (Wildman–Crippen MR) is 73.0 cm³/mol. The molecule has 0 aliphatic carbocycles. The van der Waals surface area contributed by atoms with Gasteiger partial charge < -0.3 is 9.47 Å². The molecule has 1 heterocycles. The van der Waals surface area contributed by atoms with Crippen molar-refractivity contribution >= 4 is 7.05 Å². The molecule has 1 aliphatic heterocycles. The zero-order valence-electron chi connectivity index (χ0n) is 11.1. The molecule has 1 fully saturated rings. The topological polar surface area (TPSA) is 12.5 Å². The summed E-state index contributed by atoms with van der Waals surface area (Å²) in [5.41, 5.74) is 1.30. The first kappa shape index (κ1) is 12.7. The molecule has 0 unspecified atom stereocenters. The molecule has 0 radical (unpaired) electrons. The summed E-state index contributed by atoms with van der Waals surface area (Å²) in [4.78, 5) is 2.37. The molecule has 3 heteroatoms. The number of hydrogen-bond acceptors (Lipinski definition) is 2. The number of rotatable bonds is 4. The minimum absolute atomic E-state index is 0.225. The molecule has 0 spiro atoms. The maximum absolute atomic E-state index is 6.20. The van der Waals surface area contributed by atoms with Crippen LogP contribution in [0.25, 0.3) is 0 Å². The van der Waals surface area contributed by atoms with E-state index in [2.05, 4.69) is 56.0 Å². The Balaban J connectivity index is 2.06. The Kier molecular flexibility index (Phi) is 4.24. The Hall–Kier alpha value is -0.795. The summed E-state index contributed by atoms with van der Waals surface area (Å²) in [5, 5.41) is 0. The van der Waals surface area contributed by atoms with Crippen molar-refractivity contribution in [2.75, 3.05) is 7.05 Å². The number of hydrogen-bond donors (Lipinski definition) is 0. The Morgan fingerprint density at radius 1 is 1.29 bits per heavy atom. The first-order chi connectivity index (χ1) is 8.24. The molecular formula is C14H22BNO. The summed E-state index contributed by atoms with van der Waals surface area (Å²) >= 11 is 0. The van der Waals surface area contributed by atoms with Crippen molar-refractivity contribution in [3.63, 3.8) is 0 Å². The SMILES string of the molecule is CCCCB1O[C@@H](c2ccccc2)[C@H](C)N1C. The van der Waals surface area contributed by atoms with E-state index in [-0.39, 0.29) is 13.2 Å². The van der Waals surface area contributed by atoms with Crippen molar-refractivity contribution in [2.45, 2.75) is 45.2 Å². The highest BCUT2D eigenvalue weighted by atomic mass is 16.5. The molecule has 2 rings (SSSR count). The minimum Gasteiger partial charge on any atom is -0.413 e. The van der Waals surface area contributed by atoms with Crippen LogP contribution in [-0.4, -0.2) is 25.0 Å². The van der Waals surface area contributed by atoms with Crippen LogP contribution in [-0.2, 0) is 4.65 Å². The van der Waals surface area contributed by atoms with Gasteiger partial charge in [0.05, 0.1) is 6.10 Å². The third kappa shape index (κ3) is 2.72. The van der Waals surface area contributed by atoms with Gasteiger partial charge in [-0.1, -0.05) is 50.1 Å². The summed E-state index contributed by atoms with van der Waals surface area (Å²) in [6, 6.07) is 11.0. The van der Waals surface area contributed by atoms with Gasteiger partial charge in [0.25, 0.3) is 0 Å². The van der Waals surface area contributed by atoms with Gasteiger partial charge in [0.2, 0.25) is 0 Å². The molecule has 2 nitrogen and oxygen atoms in total. The summed E-state index contributed by atoms with van der Waals surface area (Å²) in [6.07, 6.45) is 3.84. The average Bonchev–Trinajstić information content (AvgIpc) is 2.65. The van der Waals surface area contributed by atoms with Crippen molar-refractivity contribution in [3.05, 3.63) is 35.9 Å². The predicted octanol–water partition coefficient (Wildman–Crippen LogP) is 3.37. The van der Waals surface area contributed by atoms with Crippen LogP contribution >= 0.6 is 0 Å². The fourth-order valence-corrected chi connectivity index (χ4v) is 2.50. The second kappa shape index (κ2) is 5.70. The Bertz CT molecular complexity index is 343. The molecule has 2 atom stereocenters. The minimum atomic E-state index is 0.225. The van der Waals surface area contributed by atoms with Gasteiger partial charge in [-0.15, -0.1) is 0 Å². The molecule has 17 heavy (non-hydrogen) atoms. The second-order valence-corrected chi connectivity index (χ2v) is 4.97. The van der Waals surface area contributed by atoms with E-state index in [0.29, 0.717) is 6.04 Å². The molecule has 1 saturated heterocycles. The van der Waals surface area contributed by atoms with Gasteiger partial charge in [-0.3, -0.25) is 0 Å². The number of likely N-dealkylation sites (N-methyl/N-ethyl adjacent to an activating group) is 1. The maximum atomic E-state index is 6.20. The average molecular weight is 231 g/mol. The largest absolute Gasteiger partial charge is 0.413 e. The van der Waals surface area contributed by atoms with Crippen LogP contribution in [0.15, 0.2) is 30.3 Å². The first-order valence-electron chi connectivity index (χ1n) is 6.66. The summed E-state index contributed by atoms with van der Waals surface area (Å²) < 4.78 is 6.20. The van der Waals surface area contributed by atoms with Gasteiger partial charge in [-0.05, 0) is 25.9 Å². The van der Waals surface area contributed by atoms with Crippen molar-refractivity contribution in [1.82, 2.24) is 4.81 Å². The molecule has 0 saturated carbocycles. The standard InChI is InChI=1S/C14H22BNO/c1-4-5-11-15-16(3)12(2)14(17-15)13-9-7-6-8-10-13/h6-10,12,14H,4-5,11H2,1-3H3/t12-,14+/m0/s1. The van der Waals surface area contributed by atoms with E-state index < -0.39 is 0 Å². The lowest BCUT2D eigenvalue weighted by Crippen LogP contribution is -2.35. The molecule has 0 bridgehead atoms. The number of nitrogens with zero attached hydrogens (tertiary/aromatic N) is 1. The van der Waals surface area contributed by atoms with Crippen LogP contribution in [0.2, 0.25) is 6.32 Å². The van der Waals surface area contributed by atoms with Crippen LogP contribution in [0.5, 0.6) is 0 Å².